The Labute approximate surface area is 284 Å². The first kappa shape index (κ1) is 32.7. The van der Waals surface area contributed by atoms with Crippen molar-refractivity contribution >= 4 is 22.7 Å². The van der Waals surface area contributed by atoms with Crippen molar-refractivity contribution in [1.29, 1.82) is 0 Å². The van der Waals surface area contributed by atoms with E-state index in [2.05, 4.69) is 84.2 Å². The second-order valence-corrected chi connectivity index (χ2v) is 14.3. The number of benzene rings is 2. The van der Waals surface area contributed by atoms with Gasteiger partial charge in [0.05, 0.1) is 13.2 Å². The summed E-state index contributed by atoms with van der Waals surface area (Å²) in [7, 11) is 2.20. The van der Waals surface area contributed by atoms with Crippen LogP contribution in [-0.4, -0.2) is 77.3 Å². The number of fused-ring (bicyclic) bond motifs is 1. The van der Waals surface area contributed by atoms with E-state index in [9.17, 15) is 4.79 Å². The smallest absolute Gasteiger partial charge is 0.260 e. The van der Waals surface area contributed by atoms with Crippen LogP contribution in [0.3, 0.4) is 0 Å². The number of nitrogens with zero attached hydrogens (tertiary/aromatic N) is 5. The Morgan fingerprint density at radius 2 is 1.69 bits per heavy atom. The Kier molecular flexibility index (Phi) is 10.0. The van der Waals surface area contributed by atoms with E-state index >= 15 is 0 Å². The van der Waals surface area contributed by atoms with Gasteiger partial charge in [-0.25, -0.2) is 4.98 Å². The molecule has 3 fully saturated rings. The predicted molar refractivity (Wildman–Crippen MR) is 195 cm³/mol. The van der Waals surface area contributed by atoms with Crippen LogP contribution in [0.5, 0.6) is 0 Å². The van der Waals surface area contributed by atoms with Crippen molar-refractivity contribution in [3.8, 4) is 11.1 Å². The SMILES string of the molecule is C=C(C)C1CCCCC1c1ccc(-c2cc3cnc(Nc4ccc(C5CCCN(C)C5)cc4)nc3n(CCN3CCOCC3)c2=O)cc1. The lowest BCUT2D eigenvalue weighted by Gasteiger charge is -2.32. The zero-order valence-electron chi connectivity index (χ0n) is 28.7. The van der Waals surface area contributed by atoms with Gasteiger partial charge in [-0.05, 0) is 98.8 Å². The van der Waals surface area contributed by atoms with Crippen molar-refractivity contribution in [2.75, 3.05) is 58.3 Å². The molecule has 1 N–H and O–H groups in total. The fourth-order valence-electron chi connectivity index (χ4n) is 8.14. The monoisotopic (exact) mass is 646 g/mol. The van der Waals surface area contributed by atoms with Crippen molar-refractivity contribution in [1.82, 2.24) is 24.3 Å². The molecule has 2 aromatic heterocycles. The quantitative estimate of drug-likeness (QED) is 0.193. The van der Waals surface area contributed by atoms with Gasteiger partial charge in [0.1, 0.15) is 5.65 Å². The molecule has 48 heavy (non-hydrogen) atoms. The van der Waals surface area contributed by atoms with E-state index in [0.29, 0.717) is 41.5 Å². The summed E-state index contributed by atoms with van der Waals surface area (Å²) in [5.74, 6) is 2.08. The van der Waals surface area contributed by atoms with E-state index in [1.54, 1.807) is 0 Å². The summed E-state index contributed by atoms with van der Waals surface area (Å²) in [4.78, 5) is 28.7. The molecular formula is C40H50N6O2. The summed E-state index contributed by atoms with van der Waals surface area (Å²) >= 11 is 0. The van der Waals surface area contributed by atoms with Gasteiger partial charge in [0.2, 0.25) is 5.95 Å². The number of ether oxygens (including phenoxy) is 1. The number of likely N-dealkylation sites (tertiary alicyclic amines) is 1. The van der Waals surface area contributed by atoms with Gasteiger partial charge in [0.15, 0.2) is 0 Å². The number of likely N-dealkylation sites (N-methyl/N-ethyl adjacent to an activating group) is 1. The first-order valence-corrected chi connectivity index (χ1v) is 17.9. The van der Waals surface area contributed by atoms with Crippen molar-refractivity contribution < 1.29 is 4.74 Å². The van der Waals surface area contributed by atoms with Gasteiger partial charge in [0.25, 0.3) is 5.56 Å². The highest BCUT2D eigenvalue weighted by Crippen LogP contribution is 2.41. The molecule has 7 rings (SSSR count). The summed E-state index contributed by atoms with van der Waals surface area (Å²) in [5.41, 5.74) is 7.18. The second kappa shape index (κ2) is 14.7. The molecule has 1 saturated carbocycles. The highest BCUT2D eigenvalue weighted by molar-refractivity contribution is 5.82. The number of nitrogens with one attached hydrogen (secondary N) is 1. The predicted octanol–water partition coefficient (Wildman–Crippen LogP) is 7.19. The minimum absolute atomic E-state index is 0.0209. The van der Waals surface area contributed by atoms with Crippen LogP contribution in [0.4, 0.5) is 11.6 Å². The Morgan fingerprint density at radius 1 is 0.938 bits per heavy atom. The first-order chi connectivity index (χ1) is 23.4. The summed E-state index contributed by atoms with van der Waals surface area (Å²) in [6.45, 7) is 13.2. The maximum Gasteiger partial charge on any atom is 0.260 e. The minimum Gasteiger partial charge on any atom is -0.379 e. The largest absolute Gasteiger partial charge is 0.379 e. The topological polar surface area (TPSA) is 75.5 Å². The Balaban J connectivity index is 1.18. The molecule has 8 nitrogen and oxygen atoms in total. The third kappa shape index (κ3) is 7.26. The summed E-state index contributed by atoms with van der Waals surface area (Å²) < 4.78 is 7.42. The molecule has 8 heteroatoms. The number of rotatable bonds is 9. The Morgan fingerprint density at radius 3 is 2.44 bits per heavy atom. The van der Waals surface area contributed by atoms with Crippen LogP contribution >= 0.6 is 0 Å². The van der Waals surface area contributed by atoms with Gasteiger partial charge in [-0.15, -0.1) is 0 Å². The molecule has 3 aliphatic rings. The molecule has 1 aliphatic carbocycles. The molecule has 4 aromatic rings. The normalized spacial score (nSPS) is 22.5. The molecule has 3 atom stereocenters. The van der Waals surface area contributed by atoms with Crippen LogP contribution in [0.1, 0.15) is 68.4 Å². The molecule has 2 saturated heterocycles. The highest BCUT2D eigenvalue weighted by atomic mass is 16.5. The lowest BCUT2D eigenvalue weighted by atomic mass is 9.72. The molecule has 2 aromatic carbocycles. The van der Waals surface area contributed by atoms with Gasteiger partial charge >= 0.3 is 0 Å². The molecule has 0 bridgehead atoms. The molecule has 252 valence electrons. The van der Waals surface area contributed by atoms with E-state index in [1.165, 1.54) is 61.8 Å². The van der Waals surface area contributed by atoms with Gasteiger partial charge in [-0.1, -0.05) is 61.4 Å². The third-order valence-electron chi connectivity index (χ3n) is 10.9. The maximum absolute atomic E-state index is 14.3. The zero-order chi connectivity index (χ0) is 33.0. The molecule has 0 spiro atoms. The number of allylic oxidation sites excluding steroid dienone is 1. The molecule has 4 heterocycles. The Hall–Kier alpha value is -3.85. The van der Waals surface area contributed by atoms with Crippen molar-refractivity contribution in [2.24, 2.45) is 5.92 Å². The summed E-state index contributed by atoms with van der Waals surface area (Å²) in [6.07, 6.45) is 9.25. The molecule has 0 radical (unpaired) electrons. The van der Waals surface area contributed by atoms with Crippen molar-refractivity contribution in [3.05, 3.63) is 94.4 Å². The fourth-order valence-corrected chi connectivity index (χ4v) is 8.14. The number of pyridine rings is 1. The van der Waals surface area contributed by atoms with Crippen LogP contribution in [0.15, 0.2) is 77.7 Å². The van der Waals surface area contributed by atoms with E-state index in [1.807, 2.05) is 16.8 Å². The Bertz CT molecular complexity index is 1780. The fraction of sp³-hybridized carbons (Fsp3) is 0.475. The van der Waals surface area contributed by atoms with Gasteiger partial charge in [-0.2, -0.15) is 4.98 Å². The lowest BCUT2D eigenvalue weighted by molar-refractivity contribution is 0.0364. The number of aromatic nitrogens is 3. The van der Waals surface area contributed by atoms with Crippen LogP contribution in [-0.2, 0) is 11.3 Å². The third-order valence-corrected chi connectivity index (χ3v) is 10.9. The van der Waals surface area contributed by atoms with Crippen molar-refractivity contribution in [2.45, 2.75) is 63.8 Å². The number of hydrogen-bond donors (Lipinski definition) is 1. The van der Waals surface area contributed by atoms with Crippen molar-refractivity contribution in [3.63, 3.8) is 0 Å². The minimum atomic E-state index is -0.0209. The standard InChI is InChI=1S/C40H50N6O2/c1-28(2)35-8-4-5-9-36(35)30-10-12-31(13-11-30)37-25-33-26-41-40(42-34-16-14-29(15-17-34)32-7-6-18-44(3)27-32)43-38(33)46(39(37)47)20-19-45-21-23-48-24-22-45/h10-17,25-26,32,35-36H,1,4-9,18-24,27H2,2-3H3,(H,41,42,43). The highest BCUT2D eigenvalue weighted by Gasteiger charge is 2.27. The molecule has 0 amide bonds. The molecule has 3 unspecified atom stereocenters. The molecule has 2 aliphatic heterocycles. The zero-order valence-corrected chi connectivity index (χ0v) is 28.7. The number of morpholine rings is 1. The summed E-state index contributed by atoms with van der Waals surface area (Å²) in [5, 5.41) is 4.26. The lowest BCUT2D eigenvalue weighted by Crippen LogP contribution is -2.39. The van der Waals surface area contributed by atoms with E-state index in [-0.39, 0.29) is 5.56 Å². The van der Waals surface area contributed by atoms with E-state index < -0.39 is 0 Å². The first-order valence-electron chi connectivity index (χ1n) is 17.9. The van der Waals surface area contributed by atoms with Crippen LogP contribution < -0.4 is 10.9 Å². The van der Waals surface area contributed by atoms with Gasteiger partial charge in [-0.3, -0.25) is 14.3 Å². The van der Waals surface area contributed by atoms with Gasteiger partial charge < -0.3 is 15.0 Å². The average Bonchev–Trinajstić information content (AvgIpc) is 3.12. The molecular weight excluding hydrogens is 596 g/mol. The number of hydrogen-bond acceptors (Lipinski definition) is 7. The van der Waals surface area contributed by atoms with Crippen LogP contribution in [0, 0.1) is 5.92 Å². The average molecular weight is 647 g/mol. The van der Waals surface area contributed by atoms with E-state index in [4.69, 9.17) is 14.7 Å². The number of anilines is 2. The van der Waals surface area contributed by atoms with Crippen LogP contribution in [0.2, 0.25) is 0 Å². The number of piperidine rings is 1. The second-order valence-electron chi connectivity index (χ2n) is 14.3. The van der Waals surface area contributed by atoms with Crippen LogP contribution in [0.25, 0.3) is 22.2 Å². The maximum atomic E-state index is 14.3. The van der Waals surface area contributed by atoms with Gasteiger partial charge in [0, 0.05) is 55.6 Å². The van der Waals surface area contributed by atoms with E-state index in [0.717, 1.165) is 56.0 Å². The summed E-state index contributed by atoms with van der Waals surface area (Å²) in [6, 6.07) is 19.3.